The lowest BCUT2D eigenvalue weighted by Gasteiger charge is -2.28. The summed E-state index contributed by atoms with van der Waals surface area (Å²) in [5.41, 5.74) is -0.817. The molecule has 0 bridgehead atoms. The van der Waals surface area contributed by atoms with E-state index in [0.717, 1.165) is 42.7 Å². The molecule has 0 heterocycles. The summed E-state index contributed by atoms with van der Waals surface area (Å²) in [5, 5.41) is 2.53. The second-order valence-corrected chi connectivity index (χ2v) is 11.8. The fraction of sp³-hybridized carbons (Fsp3) is 0.345. The van der Waals surface area contributed by atoms with Crippen LogP contribution in [0.1, 0.15) is 35.6 Å². The zero-order valence-electron chi connectivity index (χ0n) is 22.8. The number of nitrogens with one attached hydrogen (secondary N) is 1. The van der Waals surface area contributed by atoms with Gasteiger partial charge < -0.3 is 10.1 Å². The highest BCUT2D eigenvalue weighted by atomic mass is 32.2. The van der Waals surface area contributed by atoms with Gasteiger partial charge in [0.05, 0.1) is 23.6 Å². The maximum atomic E-state index is 15.1. The highest BCUT2D eigenvalue weighted by molar-refractivity contribution is 7.90. The molecule has 228 valence electrons. The van der Waals surface area contributed by atoms with E-state index in [1.165, 1.54) is 42.2 Å². The molecule has 0 fully saturated rings. The molecule has 6 nitrogen and oxygen atoms in total. The van der Waals surface area contributed by atoms with Gasteiger partial charge in [0.25, 0.3) is 5.92 Å². The summed E-state index contributed by atoms with van der Waals surface area (Å²) in [6.45, 7) is 0.179. The Balaban J connectivity index is 1.74. The molecular weight excluding hydrogens is 586 g/mol. The van der Waals surface area contributed by atoms with Crippen LogP contribution in [0, 0.1) is 5.82 Å². The zero-order valence-corrected chi connectivity index (χ0v) is 23.7. The normalized spacial score (nSPS) is 12.4. The first-order valence-electron chi connectivity index (χ1n) is 12.8. The van der Waals surface area contributed by atoms with Crippen LogP contribution in [0.25, 0.3) is 0 Å². The van der Waals surface area contributed by atoms with Crippen molar-refractivity contribution in [2.24, 2.45) is 0 Å². The Kier molecular flexibility index (Phi) is 10.7. The van der Waals surface area contributed by atoms with E-state index in [9.17, 15) is 30.8 Å². The lowest BCUT2D eigenvalue weighted by molar-refractivity contribution is -0.137. The molecule has 13 heteroatoms. The smallest absolute Gasteiger partial charge is 0.416 e. The maximum absolute atomic E-state index is 15.1. The third-order valence-corrected chi connectivity index (χ3v) is 7.38. The topological polar surface area (TPSA) is 75.7 Å². The van der Waals surface area contributed by atoms with Crippen LogP contribution in [0.3, 0.4) is 0 Å². The number of benzene rings is 3. The van der Waals surface area contributed by atoms with Gasteiger partial charge in [-0.1, -0.05) is 36.4 Å². The van der Waals surface area contributed by atoms with Crippen LogP contribution in [0.2, 0.25) is 0 Å². The van der Waals surface area contributed by atoms with Crippen molar-refractivity contribution in [1.29, 1.82) is 0 Å². The van der Waals surface area contributed by atoms with Gasteiger partial charge in [-0.2, -0.15) is 22.0 Å². The highest BCUT2D eigenvalue weighted by Crippen LogP contribution is 2.32. The SMILES string of the molecule is CC(=O)NCc1ccc(OCCCN(Cc2cccc(C(F)(F)F)c2)CC(F)(F)c2ccc(F)cc2)cc1S(C)(=O)=O. The number of nitrogens with zero attached hydrogens (tertiary/aromatic N) is 1. The Labute approximate surface area is 240 Å². The first kappa shape index (κ1) is 32.9. The molecule has 3 aromatic rings. The van der Waals surface area contributed by atoms with Gasteiger partial charge in [0.2, 0.25) is 5.91 Å². The second-order valence-electron chi connectivity index (χ2n) is 9.77. The van der Waals surface area contributed by atoms with Crippen molar-refractivity contribution < 1.29 is 44.3 Å². The van der Waals surface area contributed by atoms with E-state index in [4.69, 9.17) is 4.74 Å². The average Bonchev–Trinajstić information content (AvgIpc) is 2.89. The van der Waals surface area contributed by atoms with Crippen LogP contribution < -0.4 is 10.1 Å². The Bertz CT molecular complexity index is 1480. The number of alkyl halides is 5. The Hall–Kier alpha value is -3.58. The van der Waals surface area contributed by atoms with Crippen LogP contribution in [0.15, 0.2) is 71.6 Å². The summed E-state index contributed by atoms with van der Waals surface area (Å²) < 4.78 is 113. The number of halogens is 6. The number of carbonyl (C=O) groups is 1. The van der Waals surface area contributed by atoms with Crippen LogP contribution in [0.5, 0.6) is 5.75 Å². The van der Waals surface area contributed by atoms with E-state index in [1.54, 1.807) is 0 Å². The molecule has 0 spiro atoms. The lowest BCUT2D eigenvalue weighted by Crippen LogP contribution is -2.36. The minimum Gasteiger partial charge on any atom is -0.494 e. The molecule has 1 amide bonds. The molecule has 42 heavy (non-hydrogen) atoms. The van der Waals surface area contributed by atoms with Gasteiger partial charge in [0.15, 0.2) is 9.84 Å². The number of rotatable bonds is 13. The molecule has 1 N–H and O–H groups in total. The molecule has 0 aliphatic rings. The van der Waals surface area contributed by atoms with E-state index in [-0.39, 0.29) is 54.8 Å². The standard InChI is InChI=1S/C29H30F6N2O4S/c1-20(38)36-17-22-7-12-26(16-27(22)42(2,39)40)41-14-4-13-37(18-21-5-3-6-24(15-21)29(33,34)35)19-28(31,32)23-8-10-25(30)11-9-23/h3,5-12,15-16H,4,13-14,17-19H2,1-2H3,(H,36,38). The average molecular weight is 617 g/mol. The number of carbonyl (C=O) groups excluding carboxylic acids is 1. The monoisotopic (exact) mass is 616 g/mol. The maximum Gasteiger partial charge on any atom is 0.416 e. The first-order valence-corrected chi connectivity index (χ1v) is 14.7. The minimum absolute atomic E-state index is 0.00736. The predicted molar refractivity (Wildman–Crippen MR) is 144 cm³/mol. The number of hydrogen-bond acceptors (Lipinski definition) is 5. The third-order valence-electron chi connectivity index (χ3n) is 6.20. The van der Waals surface area contributed by atoms with Gasteiger partial charge in [-0.3, -0.25) is 9.69 Å². The Morgan fingerprint density at radius 2 is 1.64 bits per heavy atom. The molecule has 0 atom stereocenters. The Morgan fingerprint density at radius 3 is 2.26 bits per heavy atom. The molecule has 0 saturated heterocycles. The van der Waals surface area contributed by atoms with Crippen molar-refractivity contribution in [2.75, 3.05) is 26.0 Å². The van der Waals surface area contributed by atoms with Crippen LogP contribution in [-0.4, -0.2) is 45.2 Å². The molecule has 0 aromatic heterocycles. The summed E-state index contributed by atoms with van der Waals surface area (Å²) >= 11 is 0. The van der Waals surface area contributed by atoms with E-state index in [1.807, 2.05) is 0 Å². The fourth-order valence-corrected chi connectivity index (χ4v) is 5.14. The van der Waals surface area contributed by atoms with Crippen LogP contribution in [-0.2, 0) is 39.8 Å². The molecule has 0 aliphatic heterocycles. The lowest BCUT2D eigenvalue weighted by atomic mass is 10.1. The molecule has 3 aromatic carbocycles. The largest absolute Gasteiger partial charge is 0.494 e. The molecule has 3 rings (SSSR count). The van der Waals surface area contributed by atoms with E-state index in [2.05, 4.69) is 5.32 Å². The van der Waals surface area contributed by atoms with Gasteiger partial charge in [0, 0.05) is 38.4 Å². The van der Waals surface area contributed by atoms with Crippen molar-refractivity contribution in [2.45, 2.75) is 43.4 Å². The van der Waals surface area contributed by atoms with Crippen molar-refractivity contribution >= 4 is 15.7 Å². The quantitative estimate of drug-likeness (QED) is 0.190. The number of sulfone groups is 1. The summed E-state index contributed by atoms with van der Waals surface area (Å²) in [7, 11) is -3.67. The van der Waals surface area contributed by atoms with Crippen molar-refractivity contribution in [3.63, 3.8) is 0 Å². The van der Waals surface area contributed by atoms with E-state index in [0.29, 0.717) is 5.56 Å². The van der Waals surface area contributed by atoms with E-state index < -0.39 is 45.4 Å². The molecule has 0 radical (unpaired) electrons. The first-order chi connectivity index (χ1) is 19.5. The van der Waals surface area contributed by atoms with Gasteiger partial charge in [-0.15, -0.1) is 0 Å². The Morgan fingerprint density at radius 1 is 0.952 bits per heavy atom. The summed E-state index contributed by atoms with van der Waals surface area (Å²) in [5.74, 6) is -4.27. The molecule has 0 unspecified atom stereocenters. The van der Waals surface area contributed by atoms with Crippen molar-refractivity contribution in [3.05, 3.63) is 94.8 Å². The predicted octanol–water partition coefficient (Wildman–Crippen LogP) is 5.95. The van der Waals surface area contributed by atoms with Gasteiger partial charge in [-0.25, -0.2) is 12.8 Å². The van der Waals surface area contributed by atoms with Gasteiger partial charge in [-0.05, 0) is 47.9 Å². The van der Waals surface area contributed by atoms with Gasteiger partial charge >= 0.3 is 6.18 Å². The fourth-order valence-electron chi connectivity index (χ4n) is 4.20. The second kappa shape index (κ2) is 13.6. The van der Waals surface area contributed by atoms with E-state index >= 15 is 8.78 Å². The van der Waals surface area contributed by atoms with Crippen LogP contribution in [0.4, 0.5) is 26.3 Å². The zero-order chi connectivity index (χ0) is 31.1. The van der Waals surface area contributed by atoms with Crippen LogP contribution >= 0.6 is 0 Å². The van der Waals surface area contributed by atoms with Crippen molar-refractivity contribution in [3.8, 4) is 5.75 Å². The highest BCUT2D eigenvalue weighted by Gasteiger charge is 2.35. The number of hydrogen-bond donors (Lipinski definition) is 1. The number of ether oxygens (including phenoxy) is 1. The number of amides is 1. The molecule has 0 aliphatic carbocycles. The summed E-state index contributed by atoms with van der Waals surface area (Å²) in [6, 6.07) is 12.4. The van der Waals surface area contributed by atoms with Gasteiger partial charge in [0.1, 0.15) is 11.6 Å². The summed E-state index contributed by atoms with van der Waals surface area (Å²) in [4.78, 5) is 12.5. The minimum atomic E-state index is -4.60. The van der Waals surface area contributed by atoms with Crippen molar-refractivity contribution in [1.82, 2.24) is 10.2 Å². The third kappa shape index (κ3) is 9.76. The molecular formula is C29H30F6N2O4S. The molecule has 0 saturated carbocycles. The summed E-state index contributed by atoms with van der Waals surface area (Å²) in [6.07, 6.45) is -3.42.